The molecule has 0 radical (unpaired) electrons. The van der Waals surface area contributed by atoms with E-state index in [4.69, 9.17) is 0 Å². The van der Waals surface area contributed by atoms with Crippen molar-refractivity contribution in [1.29, 1.82) is 0 Å². The molecule has 0 atom stereocenters. The number of fused-ring (bicyclic) bond motifs is 1. The van der Waals surface area contributed by atoms with E-state index in [1.807, 2.05) is 0 Å². The lowest BCUT2D eigenvalue weighted by molar-refractivity contribution is -0.141. The first kappa shape index (κ1) is 28.6. The second kappa shape index (κ2) is 11.4. The molecule has 3 aromatic rings. The van der Waals surface area contributed by atoms with Crippen molar-refractivity contribution in [3.63, 3.8) is 0 Å². The summed E-state index contributed by atoms with van der Waals surface area (Å²) in [7, 11) is -3.56. The Balaban J connectivity index is 1.38. The third kappa shape index (κ3) is 6.45. The molecule has 0 aliphatic carbocycles. The van der Waals surface area contributed by atoms with Crippen LogP contribution < -0.4 is 0 Å². The first-order valence-electron chi connectivity index (χ1n) is 12.5. The van der Waals surface area contributed by atoms with Gasteiger partial charge in [0.05, 0.1) is 5.52 Å². The van der Waals surface area contributed by atoms with E-state index in [9.17, 15) is 31.2 Å². The van der Waals surface area contributed by atoms with Crippen LogP contribution in [0.25, 0.3) is 10.9 Å². The molecule has 2 aromatic heterocycles. The maximum atomic E-state index is 12.9. The van der Waals surface area contributed by atoms with Crippen LogP contribution in [0.1, 0.15) is 35.6 Å². The minimum atomic E-state index is -4.64. The maximum Gasteiger partial charge on any atom is 0.433 e. The summed E-state index contributed by atoms with van der Waals surface area (Å²) in [6.45, 7) is 5.25. The molecule has 10 nitrogen and oxygen atoms in total. The number of halogens is 3. The van der Waals surface area contributed by atoms with Crippen LogP contribution >= 0.6 is 0 Å². The number of hydrogen-bond acceptors (Lipinski definition) is 6. The molecule has 0 N–H and O–H groups in total. The Morgan fingerprint density at radius 3 is 2.36 bits per heavy atom. The summed E-state index contributed by atoms with van der Waals surface area (Å²) in [6.07, 6.45) is -3.13. The van der Waals surface area contributed by atoms with Gasteiger partial charge in [-0.05, 0) is 29.8 Å². The van der Waals surface area contributed by atoms with Gasteiger partial charge < -0.3 is 4.90 Å². The molecule has 1 aromatic carbocycles. The SMILES string of the molecule is CCN(CC)S(=O)(=O)N1CCN(C(=O)Cn2cc3cc(CC(=O)c4cccc(C(F)(F)F)n4)ccc3n2)CC1. The third-order valence-electron chi connectivity index (χ3n) is 6.55. The van der Waals surface area contributed by atoms with Crippen LogP contribution in [0, 0.1) is 0 Å². The normalized spacial score (nSPS) is 15.3. The summed E-state index contributed by atoms with van der Waals surface area (Å²) in [6, 6.07) is 8.24. The molecule has 0 spiro atoms. The van der Waals surface area contributed by atoms with Crippen molar-refractivity contribution in [3.05, 3.63) is 59.5 Å². The van der Waals surface area contributed by atoms with E-state index in [0.717, 1.165) is 12.1 Å². The largest absolute Gasteiger partial charge is 0.433 e. The smallest absolute Gasteiger partial charge is 0.338 e. The number of Topliss-reactive ketones (excluding diaryl/α,β-unsaturated/α-hetero) is 1. The Kier molecular flexibility index (Phi) is 8.37. The van der Waals surface area contributed by atoms with Crippen molar-refractivity contribution in [2.75, 3.05) is 39.3 Å². The first-order chi connectivity index (χ1) is 18.4. The van der Waals surface area contributed by atoms with Crippen LogP contribution in [0.2, 0.25) is 0 Å². The molecule has 0 unspecified atom stereocenters. The van der Waals surface area contributed by atoms with E-state index in [2.05, 4.69) is 10.1 Å². The molecule has 0 bridgehead atoms. The minimum Gasteiger partial charge on any atom is -0.338 e. The van der Waals surface area contributed by atoms with Crippen molar-refractivity contribution in [2.24, 2.45) is 0 Å². The average Bonchev–Trinajstić information content (AvgIpc) is 3.30. The summed E-state index contributed by atoms with van der Waals surface area (Å²) in [5.41, 5.74) is -0.229. The molecule has 0 saturated carbocycles. The minimum absolute atomic E-state index is 0.0418. The van der Waals surface area contributed by atoms with Gasteiger partial charge in [-0.3, -0.25) is 14.3 Å². The Labute approximate surface area is 224 Å². The number of carbonyl (C=O) groups excluding carboxylic acids is 2. The quantitative estimate of drug-likeness (QED) is 0.369. The molecular formula is C25H29F3N6O4S. The average molecular weight is 567 g/mol. The molecule has 1 aliphatic rings. The number of nitrogens with zero attached hydrogens (tertiary/aromatic N) is 6. The van der Waals surface area contributed by atoms with E-state index in [0.29, 0.717) is 29.6 Å². The van der Waals surface area contributed by atoms with Gasteiger partial charge in [-0.15, -0.1) is 0 Å². The monoisotopic (exact) mass is 566 g/mol. The summed E-state index contributed by atoms with van der Waals surface area (Å²) in [5, 5.41) is 5.06. The number of piperazine rings is 1. The van der Waals surface area contributed by atoms with E-state index < -0.39 is 27.9 Å². The predicted molar refractivity (Wildman–Crippen MR) is 137 cm³/mol. The summed E-state index contributed by atoms with van der Waals surface area (Å²) in [5.74, 6) is -0.751. The summed E-state index contributed by atoms with van der Waals surface area (Å²) < 4.78 is 68.5. The lowest BCUT2D eigenvalue weighted by Gasteiger charge is -2.36. The van der Waals surface area contributed by atoms with Crippen molar-refractivity contribution in [3.8, 4) is 0 Å². The zero-order valence-corrected chi connectivity index (χ0v) is 22.4. The van der Waals surface area contributed by atoms with Gasteiger partial charge in [0.1, 0.15) is 17.9 Å². The van der Waals surface area contributed by atoms with E-state index >= 15 is 0 Å². The highest BCUT2D eigenvalue weighted by molar-refractivity contribution is 7.86. The van der Waals surface area contributed by atoms with Crippen LogP contribution in [0.15, 0.2) is 42.6 Å². The Hall–Kier alpha value is -3.36. The molecule has 3 heterocycles. The zero-order chi connectivity index (χ0) is 28.4. The zero-order valence-electron chi connectivity index (χ0n) is 21.6. The molecule has 1 amide bonds. The van der Waals surface area contributed by atoms with E-state index in [1.54, 1.807) is 43.1 Å². The number of aromatic nitrogens is 3. The van der Waals surface area contributed by atoms with Crippen molar-refractivity contribution >= 4 is 32.8 Å². The van der Waals surface area contributed by atoms with Gasteiger partial charge in [0.15, 0.2) is 5.78 Å². The van der Waals surface area contributed by atoms with Crippen LogP contribution in [0.4, 0.5) is 13.2 Å². The third-order valence-corrected chi connectivity index (χ3v) is 8.74. The van der Waals surface area contributed by atoms with Crippen molar-refractivity contribution in [1.82, 2.24) is 28.3 Å². The van der Waals surface area contributed by atoms with Gasteiger partial charge in [0.2, 0.25) is 5.91 Å². The Morgan fingerprint density at radius 1 is 1.03 bits per heavy atom. The second-order valence-corrected chi connectivity index (χ2v) is 11.0. The molecule has 1 saturated heterocycles. The summed E-state index contributed by atoms with van der Waals surface area (Å²) in [4.78, 5) is 30.5. The number of rotatable bonds is 9. The number of carbonyl (C=O) groups is 2. The van der Waals surface area contributed by atoms with Gasteiger partial charge in [-0.1, -0.05) is 26.0 Å². The van der Waals surface area contributed by atoms with Gasteiger partial charge in [0.25, 0.3) is 10.2 Å². The highest BCUT2D eigenvalue weighted by Crippen LogP contribution is 2.27. The first-order valence-corrected chi connectivity index (χ1v) is 13.9. The Bertz CT molecular complexity index is 1460. The number of amides is 1. The number of benzene rings is 1. The fourth-order valence-electron chi connectivity index (χ4n) is 4.46. The van der Waals surface area contributed by atoms with Crippen LogP contribution in [-0.2, 0) is 34.1 Å². The van der Waals surface area contributed by atoms with Gasteiger partial charge >= 0.3 is 6.18 Å². The van der Waals surface area contributed by atoms with Crippen molar-refractivity contribution in [2.45, 2.75) is 33.0 Å². The molecule has 14 heteroatoms. The van der Waals surface area contributed by atoms with Crippen LogP contribution in [0.3, 0.4) is 0 Å². The summed E-state index contributed by atoms with van der Waals surface area (Å²) >= 11 is 0. The number of hydrogen-bond donors (Lipinski definition) is 0. The molecular weight excluding hydrogens is 537 g/mol. The number of ketones is 1. The molecule has 1 aliphatic heterocycles. The van der Waals surface area contributed by atoms with E-state index in [1.165, 1.54) is 19.4 Å². The number of alkyl halides is 3. The standard InChI is InChI=1S/C25H29F3N6O4S/c1-3-33(4-2)39(37,38)34-12-10-31(11-13-34)24(36)17-32-16-19-14-18(8-9-20(19)30-32)15-22(35)21-6-5-7-23(29-21)25(26,27)28/h5-9,14,16H,3-4,10-13,15,17H2,1-2H3. The van der Waals surface area contributed by atoms with Gasteiger partial charge in [-0.25, -0.2) is 4.98 Å². The van der Waals surface area contributed by atoms with E-state index in [-0.39, 0.29) is 50.7 Å². The van der Waals surface area contributed by atoms with Gasteiger partial charge in [0, 0.05) is 57.3 Å². The second-order valence-electron chi connectivity index (χ2n) is 9.10. The molecule has 39 heavy (non-hydrogen) atoms. The Morgan fingerprint density at radius 2 is 1.72 bits per heavy atom. The van der Waals surface area contributed by atoms with Crippen LogP contribution in [-0.4, -0.2) is 87.7 Å². The molecule has 210 valence electrons. The van der Waals surface area contributed by atoms with Crippen LogP contribution in [0.5, 0.6) is 0 Å². The number of pyridine rings is 1. The predicted octanol–water partition coefficient (Wildman–Crippen LogP) is 2.61. The molecule has 4 rings (SSSR count). The van der Waals surface area contributed by atoms with Crippen molar-refractivity contribution < 1.29 is 31.2 Å². The highest BCUT2D eigenvalue weighted by atomic mass is 32.2. The lowest BCUT2D eigenvalue weighted by atomic mass is 10.0. The fourth-order valence-corrected chi connectivity index (χ4v) is 6.06. The maximum absolute atomic E-state index is 12.9. The molecule has 1 fully saturated rings. The van der Waals surface area contributed by atoms with Gasteiger partial charge in [-0.2, -0.15) is 35.3 Å². The highest BCUT2D eigenvalue weighted by Gasteiger charge is 2.33. The fraction of sp³-hybridized carbons (Fsp3) is 0.440. The lowest BCUT2D eigenvalue weighted by Crippen LogP contribution is -2.54. The topological polar surface area (TPSA) is 109 Å².